The van der Waals surface area contributed by atoms with Crippen LogP contribution in [0.2, 0.25) is 0 Å². The average Bonchev–Trinajstić information content (AvgIpc) is 2.85. The van der Waals surface area contributed by atoms with E-state index in [1.165, 1.54) is 0 Å². The van der Waals surface area contributed by atoms with Crippen LogP contribution < -0.4 is 0 Å². The van der Waals surface area contributed by atoms with Gasteiger partial charge in [-0.3, -0.25) is 9.59 Å². The second kappa shape index (κ2) is 6.01. The summed E-state index contributed by atoms with van der Waals surface area (Å²) in [6.07, 6.45) is 1.36. The minimum Gasteiger partial charge on any atom is -0.457 e. The van der Waals surface area contributed by atoms with Gasteiger partial charge in [-0.1, -0.05) is 6.92 Å². The van der Waals surface area contributed by atoms with Crippen molar-refractivity contribution < 1.29 is 28.6 Å². The summed E-state index contributed by atoms with van der Waals surface area (Å²) in [7, 11) is 0. The Bertz CT molecular complexity index is 650. The molecular weight excluding hydrogens is 326 g/mol. The molecule has 136 valence electrons. The van der Waals surface area contributed by atoms with E-state index in [9.17, 15) is 19.6 Å². The molecule has 1 aliphatic heterocycles. The normalized spacial score (nSPS) is 35.7. The third kappa shape index (κ3) is 2.68. The zero-order valence-corrected chi connectivity index (χ0v) is 14.7. The van der Waals surface area contributed by atoms with Gasteiger partial charge >= 0.3 is 17.9 Å². The Labute approximate surface area is 146 Å². The molecule has 5 unspecified atom stereocenters. The van der Waals surface area contributed by atoms with Crippen LogP contribution in [0.4, 0.5) is 0 Å². The molecule has 0 aromatic heterocycles. The van der Waals surface area contributed by atoms with Gasteiger partial charge in [-0.05, 0) is 39.5 Å². The molecule has 5 atom stereocenters. The summed E-state index contributed by atoms with van der Waals surface area (Å²) in [4.78, 5) is 36.2. The highest BCUT2D eigenvalue weighted by atomic mass is 16.6. The van der Waals surface area contributed by atoms with E-state index in [4.69, 9.17) is 14.2 Å². The first-order chi connectivity index (χ1) is 11.7. The molecule has 4 rings (SSSR count). The summed E-state index contributed by atoms with van der Waals surface area (Å²) in [6.45, 7) is 4.91. The van der Waals surface area contributed by atoms with Crippen molar-refractivity contribution in [3.63, 3.8) is 0 Å². The van der Waals surface area contributed by atoms with Crippen LogP contribution in [0.5, 0.6) is 0 Å². The SMILES string of the molecule is CCC(C)(C)C(=O)OCC(=O)OC1C2CCC3C1OC(=O)C3(C#N)C2. The first-order valence-electron chi connectivity index (χ1n) is 8.74. The summed E-state index contributed by atoms with van der Waals surface area (Å²) in [5, 5.41) is 9.46. The molecule has 0 aromatic carbocycles. The lowest BCUT2D eigenvalue weighted by molar-refractivity contribution is -0.181. The maximum absolute atomic E-state index is 12.1. The van der Waals surface area contributed by atoms with Crippen LogP contribution in [0.1, 0.15) is 46.5 Å². The predicted molar refractivity (Wildman–Crippen MR) is 83.7 cm³/mol. The summed E-state index contributed by atoms with van der Waals surface area (Å²) in [5.74, 6) is -1.90. The average molecular weight is 349 g/mol. The van der Waals surface area contributed by atoms with Gasteiger partial charge in [0.05, 0.1) is 11.5 Å². The van der Waals surface area contributed by atoms with Gasteiger partial charge in [0.1, 0.15) is 12.2 Å². The van der Waals surface area contributed by atoms with Gasteiger partial charge in [0.15, 0.2) is 12.0 Å². The van der Waals surface area contributed by atoms with Crippen molar-refractivity contribution in [3.8, 4) is 6.07 Å². The Hall–Kier alpha value is -2.10. The molecule has 25 heavy (non-hydrogen) atoms. The quantitative estimate of drug-likeness (QED) is 0.550. The topological polar surface area (TPSA) is 103 Å². The van der Waals surface area contributed by atoms with E-state index >= 15 is 0 Å². The predicted octanol–water partition coefficient (Wildman–Crippen LogP) is 1.74. The lowest BCUT2D eigenvalue weighted by Crippen LogP contribution is -2.54. The van der Waals surface area contributed by atoms with Crippen LogP contribution in [-0.4, -0.2) is 36.7 Å². The number of nitrogens with zero attached hydrogens (tertiary/aromatic N) is 1. The molecule has 7 heteroatoms. The molecule has 3 aliphatic carbocycles. The van der Waals surface area contributed by atoms with Gasteiger partial charge in [-0.2, -0.15) is 5.26 Å². The van der Waals surface area contributed by atoms with E-state index in [-0.39, 0.29) is 11.8 Å². The van der Waals surface area contributed by atoms with Crippen LogP contribution in [0.3, 0.4) is 0 Å². The lowest BCUT2D eigenvalue weighted by atomic mass is 9.56. The third-order valence-corrected chi connectivity index (χ3v) is 6.08. The number of carbonyl (C=O) groups excluding carboxylic acids is 3. The van der Waals surface area contributed by atoms with E-state index in [0.29, 0.717) is 12.8 Å². The van der Waals surface area contributed by atoms with Crippen LogP contribution in [-0.2, 0) is 28.6 Å². The molecule has 0 N–H and O–H groups in total. The van der Waals surface area contributed by atoms with Crippen molar-refractivity contribution in [2.45, 2.75) is 58.7 Å². The Balaban J connectivity index is 1.62. The molecule has 3 saturated carbocycles. The number of carbonyl (C=O) groups is 3. The first kappa shape index (κ1) is 17.7. The van der Waals surface area contributed by atoms with E-state index in [2.05, 4.69) is 6.07 Å². The minimum atomic E-state index is -1.08. The molecule has 1 heterocycles. The number of esters is 3. The molecule has 4 bridgehead atoms. The summed E-state index contributed by atoms with van der Waals surface area (Å²) in [5.41, 5.74) is -1.73. The molecule has 0 aromatic rings. The van der Waals surface area contributed by atoms with E-state index in [1.807, 2.05) is 6.92 Å². The molecule has 0 spiro atoms. The fourth-order valence-electron chi connectivity index (χ4n) is 4.13. The fourth-order valence-corrected chi connectivity index (χ4v) is 4.13. The molecule has 4 aliphatic rings. The Morgan fingerprint density at radius 2 is 2.12 bits per heavy atom. The van der Waals surface area contributed by atoms with Crippen LogP contribution in [0, 0.1) is 34.0 Å². The molecule has 0 radical (unpaired) electrons. The second-order valence-corrected chi connectivity index (χ2v) is 7.87. The van der Waals surface area contributed by atoms with E-state index < -0.39 is 47.6 Å². The maximum atomic E-state index is 12.1. The van der Waals surface area contributed by atoms with E-state index in [1.54, 1.807) is 13.8 Å². The number of nitriles is 1. The highest BCUT2D eigenvalue weighted by Gasteiger charge is 2.68. The number of ether oxygens (including phenoxy) is 3. The second-order valence-electron chi connectivity index (χ2n) is 7.87. The van der Waals surface area contributed by atoms with Crippen LogP contribution >= 0.6 is 0 Å². The monoisotopic (exact) mass is 349 g/mol. The minimum absolute atomic E-state index is 0.0761. The number of hydrogen-bond donors (Lipinski definition) is 0. The maximum Gasteiger partial charge on any atom is 0.344 e. The first-order valence-corrected chi connectivity index (χ1v) is 8.74. The van der Waals surface area contributed by atoms with Crippen molar-refractivity contribution in [1.29, 1.82) is 5.26 Å². The molecular formula is C18H23NO6. The molecule has 0 amide bonds. The summed E-state index contributed by atoms with van der Waals surface area (Å²) >= 11 is 0. The van der Waals surface area contributed by atoms with Gasteiger partial charge in [0.25, 0.3) is 0 Å². The largest absolute Gasteiger partial charge is 0.457 e. The number of fused-ring (bicyclic) bond motifs is 1. The van der Waals surface area contributed by atoms with Gasteiger partial charge in [-0.25, -0.2) is 4.79 Å². The van der Waals surface area contributed by atoms with Gasteiger partial charge in [0.2, 0.25) is 0 Å². The van der Waals surface area contributed by atoms with Crippen molar-refractivity contribution in [1.82, 2.24) is 0 Å². The van der Waals surface area contributed by atoms with Crippen molar-refractivity contribution >= 4 is 17.9 Å². The summed E-state index contributed by atoms with van der Waals surface area (Å²) in [6, 6.07) is 2.14. The van der Waals surface area contributed by atoms with Crippen molar-refractivity contribution in [2.75, 3.05) is 6.61 Å². The molecule has 7 nitrogen and oxygen atoms in total. The highest BCUT2D eigenvalue weighted by Crippen LogP contribution is 2.58. The Kier molecular flexibility index (Phi) is 4.26. The zero-order chi connectivity index (χ0) is 18.4. The number of hydrogen-bond acceptors (Lipinski definition) is 7. The smallest absolute Gasteiger partial charge is 0.344 e. The summed E-state index contributed by atoms with van der Waals surface area (Å²) < 4.78 is 15.9. The highest BCUT2D eigenvalue weighted by molar-refractivity contribution is 5.84. The molecule has 4 fully saturated rings. The Morgan fingerprint density at radius 1 is 1.40 bits per heavy atom. The third-order valence-electron chi connectivity index (χ3n) is 6.08. The van der Waals surface area contributed by atoms with Gasteiger partial charge in [0, 0.05) is 11.8 Å². The lowest BCUT2D eigenvalue weighted by Gasteiger charge is -2.46. The zero-order valence-electron chi connectivity index (χ0n) is 14.7. The fraction of sp³-hybridized carbons (Fsp3) is 0.778. The van der Waals surface area contributed by atoms with E-state index in [0.717, 1.165) is 12.8 Å². The van der Waals surface area contributed by atoms with Crippen LogP contribution in [0.15, 0.2) is 0 Å². The van der Waals surface area contributed by atoms with Crippen molar-refractivity contribution in [3.05, 3.63) is 0 Å². The van der Waals surface area contributed by atoms with Crippen molar-refractivity contribution in [2.24, 2.45) is 22.7 Å². The van der Waals surface area contributed by atoms with Gasteiger partial charge < -0.3 is 14.2 Å². The standard InChI is InChI=1S/C18H23NO6/c1-4-17(2,3)15(21)23-8-12(20)24-13-10-5-6-11-14(13)25-16(22)18(11,7-10)9-19/h10-11,13-14H,4-8H2,1-3H3. The molecule has 1 saturated heterocycles. The van der Waals surface area contributed by atoms with Gasteiger partial charge in [-0.15, -0.1) is 0 Å². The number of rotatable bonds is 5. The Morgan fingerprint density at radius 3 is 2.76 bits per heavy atom. The van der Waals surface area contributed by atoms with Crippen LogP contribution in [0.25, 0.3) is 0 Å².